The van der Waals surface area contributed by atoms with Gasteiger partial charge in [0, 0.05) is 42.5 Å². The minimum Gasteiger partial charge on any atom is -0.346 e. The van der Waals surface area contributed by atoms with Crippen molar-refractivity contribution in [2.75, 3.05) is 6.54 Å². The van der Waals surface area contributed by atoms with Crippen LogP contribution in [0.25, 0.3) is 22.2 Å². The number of benzene rings is 1. The average Bonchev–Trinajstić information content (AvgIpc) is 3.48. The molecule has 4 heterocycles. The fourth-order valence-electron chi connectivity index (χ4n) is 4.42. The normalized spacial score (nSPS) is 18.9. The number of hydrogen-bond donors (Lipinski definition) is 1. The monoisotopic (exact) mass is 403 g/mol. The summed E-state index contributed by atoms with van der Waals surface area (Å²) in [6, 6.07) is 10.4. The third kappa shape index (κ3) is 3.26. The zero-order valence-corrected chi connectivity index (χ0v) is 16.6. The maximum absolute atomic E-state index is 14.1. The number of H-pyrrole nitrogens is 1. The molecule has 1 amide bonds. The molecule has 1 aromatic carbocycles. The fraction of sp³-hybridized carbons (Fsp3) is 0.261. The Hall–Kier alpha value is -3.48. The smallest absolute Gasteiger partial charge is 0.257 e. The zero-order chi connectivity index (χ0) is 20.7. The Morgan fingerprint density at radius 3 is 2.93 bits per heavy atom. The molecule has 0 radical (unpaired) electrons. The van der Waals surface area contributed by atoms with Gasteiger partial charge in [0.2, 0.25) is 0 Å². The van der Waals surface area contributed by atoms with E-state index in [1.54, 1.807) is 29.3 Å². The number of aromatic amines is 1. The number of pyridine rings is 1. The summed E-state index contributed by atoms with van der Waals surface area (Å²) < 4.78 is 16.3. The number of fused-ring (bicyclic) bond motifs is 1. The molecule has 1 aliphatic rings. The van der Waals surface area contributed by atoms with Gasteiger partial charge < -0.3 is 9.47 Å². The van der Waals surface area contributed by atoms with E-state index in [0.29, 0.717) is 12.5 Å². The molecule has 0 bridgehead atoms. The molecule has 1 saturated heterocycles. The minimum absolute atomic E-state index is 0.0785. The van der Waals surface area contributed by atoms with Crippen molar-refractivity contribution in [1.29, 1.82) is 0 Å². The number of nitrogens with zero attached hydrogens (tertiary/aromatic N) is 4. The molecule has 0 aliphatic carbocycles. The molecule has 0 spiro atoms. The molecule has 5 rings (SSSR count). The highest BCUT2D eigenvalue weighted by Crippen LogP contribution is 2.29. The fourth-order valence-corrected chi connectivity index (χ4v) is 4.42. The molecule has 2 atom stereocenters. The molecule has 4 aromatic rings. The van der Waals surface area contributed by atoms with E-state index in [1.807, 2.05) is 19.3 Å². The van der Waals surface area contributed by atoms with Crippen molar-refractivity contribution in [3.63, 3.8) is 0 Å². The summed E-state index contributed by atoms with van der Waals surface area (Å²) in [6.07, 6.45) is 8.43. The molecule has 1 fully saturated rings. The molecule has 6 nitrogen and oxygen atoms in total. The highest BCUT2D eigenvalue weighted by atomic mass is 19.1. The molecule has 7 heteroatoms. The van der Waals surface area contributed by atoms with Gasteiger partial charge in [-0.1, -0.05) is 12.1 Å². The Morgan fingerprint density at radius 2 is 2.13 bits per heavy atom. The molecular formula is C23H22FN5O. The maximum atomic E-state index is 14.1. The van der Waals surface area contributed by atoms with Gasteiger partial charge in [0.15, 0.2) is 0 Å². The van der Waals surface area contributed by atoms with Crippen molar-refractivity contribution < 1.29 is 9.18 Å². The predicted octanol–water partition coefficient (Wildman–Crippen LogP) is 4.12. The summed E-state index contributed by atoms with van der Waals surface area (Å²) in [6.45, 7) is 3.45. The van der Waals surface area contributed by atoms with E-state index in [0.717, 1.165) is 35.1 Å². The summed E-state index contributed by atoms with van der Waals surface area (Å²) in [5.41, 5.74) is 3.04. The summed E-state index contributed by atoms with van der Waals surface area (Å²) >= 11 is 0. The first-order valence-corrected chi connectivity index (χ1v) is 10.1. The molecular weight excluding hydrogens is 381 g/mol. The molecule has 152 valence electrons. The molecule has 1 N–H and O–H groups in total. The first kappa shape index (κ1) is 18.5. The molecule has 3 aromatic heterocycles. The minimum atomic E-state index is -0.464. The Labute approximate surface area is 173 Å². The van der Waals surface area contributed by atoms with Crippen LogP contribution in [-0.4, -0.2) is 43.1 Å². The number of carbonyl (C=O) groups is 1. The first-order chi connectivity index (χ1) is 14.6. The first-order valence-electron chi connectivity index (χ1n) is 10.1. The lowest BCUT2D eigenvalue weighted by molar-refractivity contribution is 0.0737. The number of amides is 1. The van der Waals surface area contributed by atoms with Gasteiger partial charge >= 0.3 is 0 Å². The number of nitrogens with one attached hydrogen (secondary N) is 1. The number of aromatic nitrogens is 4. The maximum Gasteiger partial charge on any atom is 0.257 e. The van der Waals surface area contributed by atoms with E-state index in [2.05, 4.69) is 38.1 Å². The van der Waals surface area contributed by atoms with E-state index < -0.39 is 5.82 Å². The highest BCUT2D eigenvalue weighted by Gasteiger charge is 2.34. The summed E-state index contributed by atoms with van der Waals surface area (Å²) in [4.78, 5) is 19.2. The van der Waals surface area contributed by atoms with Gasteiger partial charge in [-0.3, -0.25) is 14.9 Å². The number of halogens is 1. The number of rotatable bonds is 4. The van der Waals surface area contributed by atoms with E-state index >= 15 is 0 Å². The van der Waals surface area contributed by atoms with Gasteiger partial charge in [-0.05, 0) is 43.5 Å². The van der Waals surface area contributed by atoms with Crippen molar-refractivity contribution in [3.05, 3.63) is 72.6 Å². The Kier molecular flexibility index (Phi) is 4.58. The van der Waals surface area contributed by atoms with Gasteiger partial charge in [0.25, 0.3) is 5.91 Å². The molecule has 0 saturated carbocycles. The SMILES string of the molecule is C[C@H]1CC(Cn2ccc3cc(-c4cn[nH]c4)ncc32)CN1C(=O)c1ccccc1F. The van der Waals surface area contributed by atoms with E-state index in [4.69, 9.17) is 0 Å². The second-order valence-corrected chi connectivity index (χ2v) is 7.97. The third-order valence-corrected chi connectivity index (χ3v) is 5.93. The van der Waals surface area contributed by atoms with Crippen molar-refractivity contribution in [2.45, 2.75) is 25.9 Å². The number of likely N-dealkylation sites (tertiary alicyclic amines) is 1. The molecule has 1 aliphatic heterocycles. The van der Waals surface area contributed by atoms with Crippen LogP contribution in [0.1, 0.15) is 23.7 Å². The van der Waals surface area contributed by atoms with Crippen molar-refractivity contribution in [1.82, 2.24) is 24.6 Å². The van der Waals surface area contributed by atoms with Crippen LogP contribution < -0.4 is 0 Å². The summed E-state index contributed by atoms with van der Waals surface area (Å²) in [7, 11) is 0. The lowest BCUT2D eigenvalue weighted by Crippen LogP contribution is -2.34. The van der Waals surface area contributed by atoms with Crippen LogP contribution in [-0.2, 0) is 6.54 Å². The average molecular weight is 403 g/mol. The summed E-state index contributed by atoms with van der Waals surface area (Å²) in [5, 5.41) is 7.91. The van der Waals surface area contributed by atoms with Crippen LogP contribution >= 0.6 is 0 Å². The van der Waals surface area contributed by atoms with Crippen molar-refractivity contribution in [3.8, 4) is 11.3 Å². The van der Waals surface area contributed by atoms with Crippen molar-refractivity contribution >= 4 is 16.8 Å². The Bertz CT molecular complexity index is 1200. The zero-order valence-electron chi connectivity index (χ0n) is 16.6. The standard InChI is InChI=1S/C23H22FN5O/c1-15-8-16(14-29(15)23(30)19-4-2-3-5-20(19)24)13-28-7-6-17-9-21(25-12-22(17)28)18-10-26-27-11-18/h2-7,9-12,15-16H,8,13-14H2,1H3,(H,26,27)/t15-,16?/m0/s1. The van der Waals surface area contributed by atoms with Gasteiger partial charge in [-0.15, -0.1) is 0 Å². The number of hydrogen-bond acceptors (Lipinski definition) is 3. The van der Waals surface area contributed by atoms with Crippen LogP contribution in [0.15, 0.2) is 61.2 Å². The van der Waals surface area contributed by atoms with Crippen LogP contribution in [0.5, 0.6) is 0 Å². The lowest BCUT2D eigenvalue weighted by atomic mass is 10.1. The van der Waals surface area contributed by atoms with Crippen LogP contribution in [0.4, 0.5) is 4.39 Å². The second-order valence-electron chi connectivity index (χ2n) is 7.97. The largest absolute Gasteiger partial charge is 0.346 e. The van der Waals surface area contributed by atoms with Gasteiger partial charge in [0.05, 0.1) is 29.2 Å². The van der Waals surface area contributed by atoms with E-state index in [-0.39, 0.29) is 17.5 Å². The second kappa shape index (κ2) is 7.40. The van der Waals surface area contributed by atoms with E-state index in [9.17, 15) is 9.18 Å². The van der Waals surface area contributed by atoms with Gasteiger partial charge in [-0.25, -0.2) is 4.39 Å². The highest BCUT2D eigenvalue weighted by molar-refractivity contribution is 5.94. The van der Waals surface area contributed by atoms with Crippen LogP contribution in [0.2, 0.25) is 0 Å². The van der Waals surface area contributed by atoms with Gasteiger partial charge in [0.1, 0.15) is 5.82 Å². The Morgan fingerprint density at radius 1 is 1.27 bits per heavy atom. The lowest BCUT2D eigenvalue weighted by Gasteiger charge is -2.22. The molecule has 1 unspecified atom stereocenters. The number of carbonyl (C=O) groups excluding carboxylic acids is 1. The molecule has 30 heavy (non-hydrogen) atoms. The van der Waals surface area contributed by atoms with Crippen LogP contribution in [0.3, 0.4) is 0 Å². The van der Waals surface area contributed by atoms with Gasteiger partial charge in [-0.2, -0.15) is 5.10 Å². The van der Waals surface area contributed by atoms with Crippen LogP contribution in [0, 0.1) is 11.7 Å². The third-order valence-electron chi connectivity index (χ3n) is 5.93. The van der Waals surface area contributed by atoms with Crippen molar-refractivity contribution in [2.24, 2.45) is 5.92 Å². The van der Waals surface area contributed by atoms with E-state index in [1.165, 1.54) is 6.07 Å². The topological polar surface area (TPSA) is 66.8 Å². The summed E-state index contributed by atoms with van der Waals surface area (Å²) in [5.74, 6) is -0.388. The Balaban J connectivity index is 1.33. The predicted molar refractivity (Wildman–Crippen MR) is 112 cm³/mol. The quantitative estimate of drug-likeness (QED) is 0.557.